The van der Waals surface area contributed by atoms with Crippen LogP contribution in [0.3, 0.4) is 0 Å². The monoisotopic (exact) mass is 250 g/mol. The van der Waals surface area contributed by atoms with Gasteiger partial charge in [0.2, 0.25) is 0 Å². The minimum Gasteiger partial charge on any atom is -0.266 e. The van der Waals surface area contributed by atoms with Crippen molar-refractivity contribution < 1.29 is 12.6 Å². The highest BCUT2D eigenvalue weighted by Crippen LogP contribution is 2.24. The molecule has 0 bridgehead atoms. The molecule has 0 amide bonds. The van der Waals surface area contributed by atoms with E-state index in [0.717, 1.165) is 5.39 Å². The zero-order chi connectivity index (χ0) is 12.3. The van der Waals surface area contributed by atoms with Crippen LogP contribution in [0, 0.1) is 0 Å². The molecule has 0 aliphatic rings. The van der Waals surface area contributed by atoms with Gasteiger partial charge in [-0.25, -0.2) is 0 Å². The highest BCUT2D eigenvalue weighted by Gasteiger charge is 2.17. The molecule has 90 valence electrons. The summed E-state index contributed by atoms with van der Waals surface area (Å²) >= 11 is 0. The predicted molar refractivity (Wildman–Crippen MR) is 67.4 cm³/mol. The summed E-state index contributed by atoms with van der Waals surface area (Å²) < 4.78 is 28.9. The van der Waals surface area contributed by atoms with Crippen molar-refractivity contribution in [2.45, 2.75) is 18.2 Å². The maximum Gasteiger partial charge on any atom is 0.297 e. The molecule has 4 heteroatoms. The van der Waals surface area contributed by atoms with E-state index in [1.807, 2.05) is 31.2 Å². The Bertz CT molecular complexity index is 612. The quantitative estimate of drug-likeness (QED) is 0.783. The van der Waals surface area contributed by atoms with Crippen LogP contribution in [0.2, 0.25) is 0 Å². The van der Waals surface area contributed by atoms with E-state index < -0.39 is 10.1 Å². The summed E-state index contributed by atoms with van der Waals surface area (Å²) in [4.78, 5) is 0.240. The van der Waals surface area contributed by atoms with Gasteiger partial charge in [0.25, 0.3) is 10.1 Å². The van der Waals surface area contributed by atoms with Crippen molar-refractivity contribution in [1.29, 1.82) is 0 Å². The molecule has 0 saturated heterocycles. The molecular weight excluding hydrogens is 236 g/mol. The van der Waals surface area contributed by atoms with Crippen LogP contribution in [-0.2, 0) is 14.3 Å². The summed E-state index contributed by atoms with van der Waals surface area (Å²) in [5, 5.41) is 1.60. The maximum atomic E-state index is 12.0. The first-order valence-corrected chi connectivity index (χ1v) is 6.93. The Morgan fingerprint density at radius 2 is 1.76 bits per heavy atom. The fourth-order valence-electron chi connectivity index (χ4n) is 1.67. The Labute approximate surface area is 101 Å². The molecule has 0 unspecified atom stereocenters. The Morgan fingerprint density at radius 1 is 1.06 bits per heavy atom. The van der Waals surface area contributed by atoms with Crippen LogP contribution in [-0.4, -0.2) is 15.0 Å². The second-order valence-corrected chi connectivity index (χ2v) is 5.34. The van der Waals surface area contributed by atoms with E-state index in [9.17, 15) is 8.42 Å². The standard InChI is InChI=1S/C13H14O3S/c1-2-10-16-17(14,15)13-9-5-7-11-6-3-4-8-12(11)13/h3-9H,2,10H2,1H3. The normalized spacial score (nSPS) is 11.8. The zero-order valence-electron chi connectivity index (χ0n) is 9.59. The van der Waals surface area contributed by atoms with Crippen molar-refractivity contribution in [3.8, 4) is 0 Å². The first kappa shape index (κ1) is 12.1. The topological polar surface area (TPSA) is 43.4 Å². The highest BCUT2D eigenvalue weighted by atomic mass is 32.2. The zero-order valence-corrected chi connectivity index (χ0v) is 10.4. The van der Waals surface area contributed by atoms with E-state index >= 15 is 0 Å². The second kappa shape index (κ2) is 4.85. The molecule has 0 fully saturated rings. The van der Waals surface area contributed by atoms with Crippen molar-refractivity contribution in [1.82, 2.24) is 0 Å². The lowest BCUT2D eigenvalue weighted by Crippen LogP contribution is -2.07. The molecule has 0 saturated carbocycles. The number of hydrogen-bond acceptors (Lipinski definition) is 3. The molecule has 0 radical (unpaired) electrons. The van der Waals surface area contributed by atoms with Crippen LogP contribution in [0.25, 0.3) is 10.8 Å². The molecule has 0 spiro atoms. The number of hydrogen-bond donors (Lipinski definition) is 0. The summed E-state index contributed by atoms with van der Waals surface area (Å²) in [6, 6.07) is 12.6. The lowest BCUT2D eigenvalue weighted by atomic mass is 10.1. The summed E-state index contributed by atoms with van der Waals surface area (Å²) in [6.07, 6.45) is 0.671. The van der Waals surface area contributed by atoms with E-state index in [1.54, 1.807) is 18.2 Å². The molecule has 2 aromatic rings. The molecule has 0 N–H and O–H groups in total. The van der Waals surface area contributed by atoms with Gasteiger partial charge < -0.3 is 0 Å². The molecule has 2 aromatic carbocycles. The summed E-state index contributed by atoms with van der Waals surface area (Å²) in [7, 11) is -3.65. The van der Waals surface area contributed by atoms with Crippen molar-refractivity contribution in [3.05, 3.63) is 42.5 Å². The Kier molecular flexibility index (Phi) is 3.45. The molecule has 17 heavy (non-hydrogen) atoms. The van der Waals surface area contributed by atoms with Gasteiger partial charge in [-0.3, -0.25) is 4.18 Å². The summed E-state index contributed by atoms with van der Waals surface area (Å²) in [5.41, 5.74) is 0. The molecule has 0 atom stereocenters. The van der Waals surface area contributed by atoms with Gasteiger partial charge >= 0.3 is 0 Å². The van der Waals surface area contributed by atoms with Gasteiger partial charge in [0.1, 0.15) is 4.90 Å². The highest BCUT2D eigenvalue weighted by molar-refractivity contribution is 7.87. The Hall–Kier alpha value is -1.39. The van der Waals surface area contributed by atoms with Crippen molar-refractivity contribution >= 4 is 20.9 Å². The van der Waals surface area contributed by atoms with Gasteiger partial charge in [-0.1, -0.05) is 43.3 Å². The number of fused-ring (bicyclic) bond motifs is 1. The SMILES string of the molecule is CCCOS(=O)(=O)c1cccc2ccccc12. The van der Waals surface area contributed by atoms with E-state index in [4.69, 9.17) is 4.18 Å². The smallest absolute Gasteiger partial charge is 0.266 e. The third kappa shape index (κ3) is 2.48. The third-order valence-corrected chi connectivity index (χ3v) is 3.83. The van der Waals surface area contributed by atoms with Gasteiger partial charge in [0, 0.05) is 5.39 Å². The summed E-state index contributed by atoms with van der Waals surface area (Å²) in [5.74, 6) is 0. The van der Waals surface area contributed by atoms with Gasteiger partial charge in [0.05, 0.1) is 6.61 Å². The molecule has 2 rings (SSSR count). The van der Waals surface area contributed by atoms with Crippen LogP contribution in [0.1, 0.15) is 13.3 Å². The van der Waals surface area contributed by atoms with Crippen LogP contribution in [0.15, 0.2) is 47.4 Å². The van der Waals surface area contributed by atoms with E-state index in [0.29, 0.717) is 11.8 Å². The van der Waals surface area contributed by atoms with E-state index in [2.05, 4.69) is 0 Å². The van der Waals surface area contributed by atoms with Crippen molar-refractivity contribution in [3.63, 3.8) is 0 Å². The van der Waals surface area contributed by atoms with E-state index in [-0.39, 0.29) is 11.5 Å². The number of benzene rings is 2. The minimum atomic E-state index is -3.65. The maximum absolute atomic E-state index is 12.0. The van der Waals surface area contributed by atoms with E-state index in [1.165, 1.54) is 0 Å². The third-order valence-electron chi connectivity index (χ3n) is 2.46. The second-order valence-electron chi connectivity index (χ2n) is 3.75. The van der Waals surface area contributed by atoms with Gasteiger partial charge in [-0.15, -0.1) is 0 Å². The fraction of sp³-hybridized carbons (Fsp3) is 0.231. The lowest BCUT2D eigenvalue weighted by Gasteiger charge is -2.07. The summed E-state index contributed by atoms with van der Waals surface area (Å²) in [6.45, 7) is 2.09. The van der Waals surface area contributed by atoms with Crippen LogP contribution >= 0.6 is 0 Å². The van der Waals surface area contributed by atoms with Crippen molar-refractivity contribution in [2.75, 3.05) is 6.61 Å². The molecular formula is C13H14O3S. The Morgan fingerprint density at radius 3 is 2.53 bits per heavy atom. The first-order valence-electron chi connectivity index (χ1n) is 5.52. The molecule has 0 aliphatic carbocycles. The van der Waals surface area contributed by atoms with Gasteiger partial charge in [-0.2, -0.15) is 8.42 Å². The largest absolute Gasteiger partial charge is 0.297 e. The molecule has 0 aromatic heterocycles. The molecule has 0 heterocycles. The Balaban J connectivity index is 2.55. The average molecular weight is 250 g/mol. The van der Waals surface area contributed by atoms with Crippen LogP contribution in [0.4, 0.5) is 0 Å². The predicted octanol–water partition coefficient (Wildman–Crippen LogP) is 2.96. The lowest BCUT2D eigenvalue weighted by molar-refractivity contribution is 0.318. The number of rotatable bonds is 4. The van der Waals surface area contributed by atoms with Crippen molar-refractivity contribution in [2.24, 2.45) is 0 Å². The van der Waals surface area contributed by atoms with Gasteiger partial charge in [-0.05, 0) is 17.9 Å². The van der Waals surface area contributed by atoms with Crippen LogP contribution < -0.4 is 0 Å². The van der Waals surface area contributed by atoms with Gasteiger partial charge in [0.15, 0.2) is 0 Å². The first-order chi connectivity index (χ1) is 8.15. The minimum absolute atomic E-state index is 0.214. The fourth-order valence-corrected chi connectivity index (χ4v) is 2.88. The van der Waals surface area contributed by atoms with Crippen LogP contribution in [0.5, 0.6) is 0 Å². The average Bonchev–Trinajstić information content (AvgIpc) is 2.36. The molecule has 3 nitrogen and oxygen atoms in total. The molecule has 0 aliphatic heterocycles.